The summed E-state index contributed by atoms with van der Waals surface area (Å²) in [6, 6.07) is 7.28. The van der Waals surface area contributed by atoms with E-state index in [2.05, 4.69) is 6.92 Å². The lowest BCUT2D eigenvalue weighted by Gasteiger charge is -2.33. The van der Waals surface area contributed by atoms with Gasteiger partial charge in [0.05, 0.1) is 6.61 Å². The number of aldehydes is 1. The first-order valence-corrected chi connectivity index (χ1v) is 5.47. The van der Waals surface area contributed by atoms with Gasteiger partial charge in [0.1, 0.15) is 12.0 Å². The molecule has 0 aliphatic heterocycles. The predicted molar refractivity (Wildman–Crippen MR) is 59.2 cm³/mol. The van der Waals surface area contributed by atoms with Gasteiger partial charge in [-0.1, -0.05) is 6.92 Å². The topological polar surface area (TPSA) is 26.3 Å². The second-order valence-corrected chi connectivity index (χ2v) is 4.31. The Morgan fingerprint density at radius 1 is 1.33 bits per heavy atom. The van der Waals surface area contributed by atoms with Crippen LogP contribution in [0.1, 0.15) is 30.1 Å². The lowest BCUT2D eigenvalue weighted by molar-refractivity contribution is 0.112. The Hall–Kier alpha value is -1.31. The standard InChI is InChI=1S/C13H16O2/c1-10-2-5-12(10)9-15-13-6-3-11(8-14)4-7-13/h3-4,6-8,10,12H,2,5,9H2,1H3/t10-,12-/m0/s1. The molecule has 0 saturated heterocycles. The minimum atomic E-state index is 0.694. The van der Waals surface area contributed by atoms with Gasteiger partial charge in [0.25, 0.3) is 0 Å². The van der Waals surface area contributed by atoms with E-state index in [9.17, 15) is 4.79 Å². The van der Waals surface area contributed by atoms with E-state index in [0.29, 0.717) is 5.56 Å². The molecule has 0 aromatic heterocycles. The molecule has 0 amide bonds. The van der Waals surface area contributed by atoms with Crippen molar-refractivity contribution in [1.82, 2.24) is 0 Å². The van der Waals surface area contributed by atoms with Crippen LogP contribution in [0, 0.1) is 11.8 Å². The molecule has 1 saturated carbocycles. The maximum absolute atomic E-state index is 10.4. The van der Waals surface area contributed by atoms with Crippen LogP contribution >= 0.6 is 0 Å². The summed E-state index contributed by atoms with van der Waals surface area (Å²) in [5.74, 6) is 2.38. The highest BCUT2D eigenvalue weighted by Gasteiger charge is 2.26. The lowest BCUT2D eigenvalue weighted by Crippen LogP contribution is -2.28. The maximum atomic E-state index is 10.4. The average Bonchev–Trinajstić information content (AvgIpc) is 2.28. The first-order valence-electron chi connectivity index (χ1n) is 5.47. The van der Waals surface area contributed by atoms with Crippen molar-refractivity contribution in [3.8, 4) is 5.75 Å². The monoisotopic (exact) mass is 204 g/mol. The van der Waals surface area contributed by atoms with Gasteiger partial charge in [-0.2, -0.15) is 0 Å². The van der Waals surface area contributed by atoms with E-state index in [0.717, 1.165) is 30.5 Å². The molecule has 1 fully saturated rings. The third kappa shape index (κ3) is 2.38. The van der Waals surface area contributed by atoms with E-state index in [4.69, 9.17) is 4.74 Å². The number of carbonyl (C=O) groups excluding carboxylic acids is 1. The molecule has 0 unspecified atom stereocenters. The molecule has 15 heavy (non-hydrogen) atoms. The summed E-state index contributed by atoms with van der Waals surface area (Å²) in [6.07, 6.45) is 3.46. The smallest absolute Gasteiger partial charge is 0.150 e. The Labute approximate surface area is 90.3 Å². The fourth-order valence-corrected chi connectivity index (χ4v) is 1.83. The van der Waals surface area contributed by atoms with E-state index in [1.54, 1.807) is 12.1 Å². The van der Waals surface area contributed by atoms with E-state index in [-0.39, 0.29) is 0 Å². The van der Waals surface area contributed by atoms with Gasteiger partial charge in [0, 0.05) is 5.56 Å². The number of hydrogen-bond donors (Lipinski definition) is 0. The zero-order valence-corrected chi connectivity index (χ0v) is 8.98. The van der Waals surface area contributed by atoms with Crippen molar-refractivity contribution in [3.63, 3.8) is 0 Å². The normalized spacial score (nSPS) is 24.3. The van der Waals surface area contributed by atoms with Crippen LogP contribution in [-0.4, -0.2) is 12.9 Å². The summed E-state index contributed by atoms with van der Waals surface area (Å²) >= 11 is 0. The van der Waals surface area contributed by atoms with Crippen LogP contribution in [-0.2, 0) is 0 Å². The molecule has 0 heterocycles. The summed E-state index contributed by atoms with van der Waals surface area (Å²) in [5.41, 5.74) is 0.694. The predicted octanol–water partition coefficient (Wildman–Crippen LogP) is 2.92. The molecule has 1 aliphatic carbocycles. The van der Waals surface area contributed by atoms with Crippen molar-refractivity contribution in [2.45, 2.75) is 19.8 Å². The highest BCUT2D eigenvalue weighted by atomic mass is 16.5. The number of carbonyl (C=O) groups is 1. The number of rotatable bonds is 4. The number of benzene rings is 1. The summed E-state index contributed by atoms with van der Waals surface area (Å²) < 4.78 is 5.66. The average molecular weight is 204 g/mol. The molecule has 0 spiro atoms. The molecule has 2 heteroatoms. The Morgan fingerprint density at radius 3 is 2.53 bits per heavy atom. The van der Waals surface area contributed by atoms with Crippen molar-refractivity contribution < 1.29 is 9.53 Å². The first kappa shape index (κ1) is 10.2. The molecule has 0 bridgehead atoms. The zero-order chi connectivity index (χ0) is 10.7. The van der Waals surface area contributed by atoms with Crippen LogP contribution in [0.3, 0.4) is 0 Å². The molecular formula is C13H16O2. The van der Waals surface area contributed by atoms with Crippen molar-refractivity contribution in [2.24, 2.45) is 11.8 Å². The first-order chi connectivity index (χ1) is 7.29. The quantitative estimate of drug-likeness (QED) is 0.705. The van der Waals surface area contributed by atoms with Crippen molar-refractivity contribution >= 4 is 6.29 Å². The molecule has 2 rings (SSSR count). The number of hydrogen-bond acceptors (Lipinski definition) is 2. The molecule has 2 nitrogen and oxygen atoms in total. The summed E-state index contributed by atoms with van der Waals surface area (Å²) in [7, 11) is 0. The summed E-state index contributed by atoms with van der Waals surface area (Å²) in [4.78, 5) is 10.4. The van der Waals surface area contributed by atoms with Crippen LogP contribution in [0.15, 0.2) is 24.3 Å². The fraction of sp³-hybridized carbons (Fsp3) is 0.462. The second-order valence-electron chi connectivity index (χ2n) is 4.31. The van der Waals surface area contributed by atoms with Crippen molar-refractivity contribution in [3.05, 3.63) is 29.8 Å². The van der Waals surface area contributed by atoms with E-state index in [1.807, 2.05) is 12.1 Å². The summed E-state index contributed by atoms with van der Waals surface area (Å²) in [6.45, 7) is 3.08. The molecule has 1 aromatic rings. The van der Waals surface area contributed by atoms with Crippen molar-refractivity contribution in [2.75, 3.05) is 6.61 Å². The maximum Gasteiger partial charge on any atom is 0.150 e. The van der Waals surface area contributed by atoms with Gasteiger partial charge in [-0.25, -0.2) is 0 Å². The third-order valence-corrected chi connectivity index (χ3v) is 3.28. The van der Waals surface area contributed by atoms with Gasteiger partial charge in [-0.15, -0.1) is 0 Å². The molecule has 0 N–H and O–H groups in total. The Bertz CT molecular complexity index is 329. The molecular weight excluding hydrogens is 188 g/mol. The van der Waals surface area contributed by atoms with Gasteiger partial charge >= 0.3 is 0 Å². The molecule has 80 valence electrons. The highest BCUT2D eigenvalue weighted by Crippen LogP contribution is 2.33. The molecule has 1 aliphatic rings. The van der Waals surface area contributed by atoms with Gasteiger partial charge < -0.3 is 4.74 Å². The molecule has 2 atom stereocenters. The zero-order valence-electron chi connectivity index (χ0n) is 8.98. The van der Waals surface area contributed by atoms with E-state index >= 15 is 0 Å². The van der Waals surface area contributed by atoms with Crippen LogP contribution in [0.2, 0.25) is 0 Å². The second kappa shape index (κ2) is 4.47. The van der Waals surface area contributed by atoms with Crippen LogP contribution in [0.4, 0.5) is 0 Å². The van der Waals surface area contributed by atoms with E-state index in [1.165, 1.54) is 12.8 Å². The van der Waals surface area contributed by atoms with Crippen molar-refractivity contribution in [1.29, 1.82) is 0 Å². The minimum absolute atomic E-state index is 0.694. The largest absolute Gasteiger partial charge is 0.493 e. The summed E-state index contributed by atoms with van der Waals surface area (Å²) in [5, 5.41) is 0. The van der Waals surface area contributed by atoms with Gasteiger partial charge in [-0.3, -0.25) is 4.79 Å². The van der Waals surface area contributed by atoms with Gasteiger partial charge in [-0.05, 0) is 48.9 Å². The Balaban J connectivity index is 1.85. The fourth-order valence-electron chi connectivity index (χ4n) is 1.83. The van der Waals surface area contributed by atoms with Gasteiger partial charge in [0.15, 0.2) is 0 Å². The van der Waals surface area contributed by atoms with Crippen LogP contribution in [0.25, 0.3) is 0 Å². The van der Waals surface area contributed by atoms with Crippen LogP contribution < -0.4 is 4.74 Å². The highest BCUT2D eigenvalue weighted by molar-refractivity contribution is 5.74. The Morgan fingerprint density at radius 2 is 2.07 bits per heavy atom. The minimum Gasteiger partial charge on any atom is -0.493 e. The lowest BCUT2D eigenvalue weighted by atomic mass is 9.75. The Kier molecular flexibility index (Phi) is 3.05. The SMILES string of the molecule is C[C@H]1CC[C@H]1COc1ccc(C=O)cc1. The van der Waals surface area contributed by atoms with E-state index < -0.39 is 0 Å². The van der Waals surface area contributed by atoms with Gasteiger partial charge in [0.2, 0.25) is 0 Å². The third-order valence-electron chi connectivity index (χ3n) is 3.28. The van der Waals surface area contributed by atoms with Crippen LogP contribution in [0.5, 0.6) is 5.75 Å². The number of ether oxygens (including phenoxy) is 1. The molecule has 0 radical (unpaired) electrons. The molecule has 1 aromatic carbocycles.